The van der Waals surface area contributed by atoms with E-state index < -0.39 is 29.1 Å². The topological polar surface area (TPSA) is 86.8 Å². The monoisotopic (exact) mass is 569 g/mol. The molecule has 3 aliphatic heterocycles. The normalized spacial score (nSPS) is 22.4. The maximum Gasteiger partial charge on any atom is 0.418 e. The molecular weight excluding hydrogens is 543 g/mol. The largest absolute Gasteiger partial charge is 0.457 e. The van der Waals surface area contributed by atoms with Gasteiger partial charge in [0.1, 0.15) is 21.8 Å². The fourth-order valence-corrected chi connectivity index (χ4v) is 6.69. The van der Waals surface area contributed by atoms with Gasteiger partial charge in [0.15, 0.2) is 0 Å². The first-order chi connectivity index (χ1) is 19.2. The summed E-state index contributed by atoms with van der Waals surface area (Å²) in [4.78, 5) is 34.3. The van der Waals surface area contributed by atoms with Crippen LogP contribution in [0.25, 0.3) is 0 Å². The lowest BCUT2D eigenvalue weighted by atomic mass is 9.98. The number of nitrogens with one attached hydrogen (secondary N) is 2. The summed E-state index contributed by atoms with van der Waals surface area (Å²) < 4.78 is 48.6. The number of hydrogen-bond donors (Lipinski definition) is 2. The van der Waals surface area contributed by atoms with Crippen LogP contribution in [0, 0.1) is 0 Å². The molecule has 0 spiro atoms. The third-order valence-electron chi connectivity index (χ3n) is 7.23. The number of hydrogen-bond acceptors (Lipinski definition) is 6. The zero-order valence-electron chi connectivity index (χ0n) is 21.4. The molecule has 6 rings (SSSR count). The molecular formula is C28H26F3N5O3S. The molecule has 12 heteroatoms. The van der Waals surface area contributed by atoms with Crippen molar-refractivity contribution < 1.29 is 27.5 Å². The van der Waals surface area contributed by atoms with Gasteiger partial charge in [0.2, 0.25) is 5.91 Å². The van der Waals surface area contributed by atoms with Crippen molar-refractivity contribution in [2.24, 2.45) is 0 Å². The lowest BCUT2D eigenvalue weighted by Gasteiger charge is -2.36. The Morgan fingerprint density at radius 3 is 2.67 bits per heavy atom. The van der Waals surface area contributed by atoms with E-state index in [4.69, 9.17) is 4.74 Å². The van der Waals surface area contributed by atoms with Crippen LogP contribution in [0.5, 0.6) is 11.5 Å². The lowest BCUT2D eigenvalue weighted by Crippen LogP contribution is -2.52. The summed E-state index contributed by atoms with van der Waals surface area (Å²) in [7, 11) is 2.00. The Bertz CT molecular complexity index is 1450. The highest BCUT2D eigenvalue weighted by Crippen LogP contribution is 2.52. The van der Waals surface area contributed by atoms with E-state index in [-0.39, 0.29) is 29.1 Å². The second-order valence-electron chi connectivity index (χ2n) is 10.1. The molecule has 3 aliphatic rings. The lowest BCUT2D eigenvalue weighted by molar-refractivity contribution is -0.137. The predicted octanol–water partition coefficient (Wildman–Crippen LogP) is 5.48. The van der Waals surface area contributed by atoms with Crippen molar-refractivity contribution in [3.8, 4) is 11.5 Å². The number of piperidine rings is 1. The summed E-state index contributed by atoms with van der Waals surface area (Å²) in [6.07, 6.45) is -1.50. The summed E-state index contributed by atoms with van der Waals surface area (Å²) in [6.45, 7) is 1.70. The molecule has 1 aromatic heterocycles. The number of halogens is 3. The van der Waals surface area contributed by atoms with Crippen LogP contribution in [0.2, 0.25) is 0 Å². The number of aromatic nitrogens is 1. The molecule has 8 nitrogen and oxygen atoms in total. The van der Waals surface area contributed by atoms with Gasteiger partial charge in [-0.25, -0.2) is 9.78 Å². The number of carbonyl (C=O) groups is 2. The van der Waals surface area contributed by atoms with Crippen LogP contribution >= 0.6 is 11.8 Å². The first kappa shape index (κ1) is 26.5. The molecule has 0 saturated carbocycles. The van der Waals surface area contributed by atoms with Gasteiger partial charge in [0, 0.05) is 24.3 Å². The van der Waals surface area contributed by atoms with Crippen LogP contribution in [-0.4, -0.2) is 53.3 Å². The number of amides is 3. The van der Waals surface area contributed by atoms with Crippen molar-refractivity contribution >= 4 is 35.1 Å². The van der Waals surface area contributed by atoms with Gasteiger partial charge in [-0.3, -0.25) is 9.69 Å². The minimum atomic E-state index is -4.77. The Kier molecular flexibility index (Phi) is 6.83. The number of anilines is 2. The zero-order valence-corrected chi connectivity index (χ0v) is 22.3. The van der Waals surface area contributed by atoms with E-state index in [0.717, 1.165) is 36.9 Å². The number of likely N-dealkylation sites (N-methyl/N-ethyl adjacent to an activating group) is 1. The number of benzene rings is 2. The SMILES string of the molecule is CN1CCCC(NC(=O)[C@@H]2Sc3nccc4c3C2NC(=O)N4c2ccc(Oc3ccccc3)cc2C(F)(F)F)C1. The van der Waals surface area contributed by atoms with E-state index in [0.29, 0.717) is 16.3 Å². The Morgan fingerprint density at radius 1 is 1.12 bits per heavy atom. The van der Waals surface area contributed by atoms with Crippen LogP contribution in [0.1, 0.15) is 30.0 Å². The quantitative estimate of drug-likeness (QED) is 0.423. The standard InChI is InChI=1S/C28H26F3N5O3S/c1-35-13-5-6-16(15-35)33-25(37)24-23-22-21(11-12-32-26(22)40-24)36(27(38)34-23)20-10-9-18(14-19(20)28(29,30)31)39-17-7-3-2-4-8-17/h2-4,7-12,14,16,23-24H,5-6,13,15H2,1H3,(H,33,37)(H,34,38)/t16?,23?,24-/m1/s1. The van der Waals surface area contributed by atoms with Crippen molar-refractivity contribution in [2.75, 3.05) is 25.0 Å². The molecule has 1 saturated heterocycles. The molecule has 4 heterocycles. The van der Waals surface area contributed by atoms with Gasteiger partial charge in [0.25, 0.3) is 0 Å². The highest BCUT2D eigenvalue weighted by atomic mass is 32.2. The maximum absolute atomic E-state index is 14.3. The van der Waals surface area contributed by atoms with Gasteiger partial charge in [-0.2, -0.15) is 13.2 Å². The number of ether oxygens (including phenoxy) is 1. The summed E-state index contributed by atoms with van der Waals surface area (Å²) in [5, 5.41) is 5.70. The minimum absolute atomic E-state index is 0.00949. The van der Waals surface area contributed by atoms with Gasteiger partial charge < -0.3 is 20.3 Å². The van der Waals surface area contributed by atoms with Gasteiger partial charge in [-0.1, -0.05) is 30.0 Å². The third-order valence-corrected chi connectivity index (χ3v) is 8.52. The van der Waals surface area contributed by atoms with E-state index in [1.54, 1.807) is 30.3 Å². The number of rotatable bonds is 5. The average Bonchev–Trinajstić information content (AvgIpc) is 3.29. The molecule has 2 aromatic carbocycles. The highest BCUT2D eigenvalue weighted by molar-refractivity contribution is 8.01. The minimum Gasteiger partial charge on any atom is -0.457 e. The number of carbonyl (C=O) groups excluding carboxylic acids is 2. The predicted molar refractivity (Wildman–Crippen MR) is 144 cm³/mol. The Morgan fingerprint density at radius 2 is 1.93 bits per heavy atom. The number of alkyl halides is 3. The van der Waals surface area contributed by atoms with E-state index >= 15 is 0 Å². The van der Waals surface area contributed by atoms with Crippen LogP contribution < -0.4 is 20.3 Å². The summed E-state index contributed by atoms with van der Waals surface area (Å²) in [5.74, 6) is 0.139. The molecule has 0 bridgehead atoms. The van der Waals surface area contributed by atoms with Gasteiger partial charge in [-0.15, -0.1) is 0 Å². The second kappa shape index (κ2) is 10.3. The van der Waals surface area contributed by atoms with E-state index in [9.17, 15) is 22.8 Å². The van der Waals surface area contributed by atoms with Gasteiger partial charge >= 0.3 is 12.2 Å². The third kappa shape index (κ3) is 4.97. The van der Waals surface area contributed by atoms with Crippen LogP contribution in [0.4, 0.5) is 29.3 Å². The number of para-hydroxylation sites is 1. The van der Waals surface area contributed by atoms with E-state index in [1.807, 2.05) is 7.05 Å². The van der Waals surface area contributed by atoms with Crippen LogP contribution in [-0.2, 0) is 11.0 Å². The average molecular weight is 570 g/mol. The van der Waals surface area contributed by atoms with Crippen molar-refractivity contribution in [1.29, 1.82) is 0 Å². The fourth-order valence-electron chi connectivity index (χ4n) is 5.46. The zero-order chi connectivity index (χ0) is 28.0. The molecule has 208 valence electrons. The summed E-state index contributed by atoms with van der Waals surface area (Å²) in [6, 6.07) is 12.0. The van der Waals surface area contributed by atoms with Crippen LogP contribution in [0.3, 0.4) is 0 Å². The number of thioether (sulfide) groups is 1. The molecule has 0 aliphatic carbocycles. The van der Waals surface area contributed by atoms with Crippen LogP contribution in [0.15, 0.2) is 65.8 Å². The van der Waals surface area contributed by atoms with Gasteiger partial charge in [-0.05, 0) is 62.8 Å². The molecule has 3 aromatic rings. The Labute approximate surface area is 232 Å². The smallest absolute Gasteiger partial charge is 0.418 e. The Hall–Kier alpha value is -3.77. The summed E-state index contributed by atoms with van der Waals surface area (Å²) in [5.41, 5.74) is -0.575. The first-order valence-corrected chi connectivity index (χ1v) is 13.8. The number of pyridine rings is 1. The number of urea groups is 1. The molecule has 1 fully saturated rings. The second-order valence-corrected chi connectivity index (χ2v) is 11.2. The maximum atomic E-state index is 14.3. The van der Waals surface area contributed by atoms with Crippen molar-refractivity contribution in [2.45, 2.75) is 41.4 Å². The summed E-state index contributed by atoms with van der Waals surface area (Å²) >= 11 is 1.21. The number of nitrogens with zero attached hydrogens (tertiary/aromatic N) is 3. The molecule has 2 unspecified atom stereocenters. The molecule has 2 N–H and O–H groups in total. The van der Waals surface area contributed by atoms with Crippen molar-refractivity contribution in [1.82, 2.24) is 20.5 Å². The molecule has 0 radical (unpaired) electrons. The van der Waals surface area contributed by atoms with E-state index in [2.05, 4.69) is 20.5 Å². The Balaban J connectivity index is 1.32. The first-order valence-electron chi connectivity index (χ1n) is 12.9. The molecule has 40 heavy (non-hydrogen) atoms. The van der Waals surface area contributed by atoms with E-state index in [1.165, 1.54) is 36.2 Å². The highest BCUT2D eigenvalue weighted by Gasteiger charge is 2.48. The number of likely N-dealkylation sites (tertiary alicyclic amines) is 1. The van der Waals surface area contributed by atoms with Gasteiger partial charge in [0.05, 0.1) is 23.0 Å². The van der Waals surface area contributed by atoms with Crippen molar-refractivity contribution in [3.63, 3.8) is 0 Å². The molecule has 3 amide bonds. The fraction of sp³-hybridized carbons (Fsp3) is 0.321. The molecule has 3 atom stereocenters. The van der Waals surface area contributed by atoms with Crippen molar-refractivity contribution in [3.05, 3.63) is 71.9 Å².